The van der Waals surface area contributed by atoms with E-state index in [-0.39, 0.29) is 268 Å². The number of hydrogen-bond donors (Lipinski definition) is 3. The molecule has 0 amide bonds. The molecule has 4 aromatic rings. The van der Waals surface area contributed by atoms with E-state index in [4.69, 9.17) is 16.6 Å². The average Bonchev–Trinajstić information content (AvgIpc) is 3.01. The van der Waals surface area contributed by atoms with Gasteiger partial charge < -0.3 is 21.3 Å². The van der Waals surface area contributed by atoms with Crippen LogP contribution in [0, 0.1) is 0 Å². The molecular formula is C65H161ClN2O6. The zero-order chi connectivity index (χ0) is 29.8. The van der Waals surface area contributed by atoms with Crippen LogP contribution in [0.2, 0.25) is 0 Å². The lowest BCUT2D eigenvalue weighted by Crippen LogP contribution is -2.33. The molecule has 0 heterocycles. The number of esters is 1. The first kappa shape index (κ1) is 220. The largest absolute Gasteiger partial charge is 0.480 e. The number of ether oxygens (including phenoxy) is 1. The Hall–Kier alpha value is -4.63. The van der Waals surface area contributed by atoms with Crippen LogP contribution in [-0.4, -0.2) is 47.8 Å². The summed E-state index contributed by atoms with van der Waals surface area (Å²) in [6.07, 6.45) is 0.627. The summed E-state index contributed by atoms with van der Waals surface area (Å²) in [6.45, 7) is 0. The molecule has 0 aliphatic heterocycles. The summed E-state index contributed by atoms with van der Waals surface area (Å²) < 4.78 is 4.59. The molecule has 0 aliphatic rings. The summed E-state index contributed by atoms with van der Waals surface area (Å²) in [7, 11) is 1.31. The van der Waals surface area contributed by atoms with Crippen LogP contribution < -0.4 is 11.5 Å². The second-order valence-corrected chi connectivity index (χ2v) is 9.27. The highest BCUT2D eigenvalue weighted by Gasteiger charge is 2.15. The number of benzene rings is 4. The maximum Gasteiger partial charge on any atom is 0.322 e. The summed E-state index contributed by atoms with van der Waals surface area (Å²) in [4.78, 5) is 46.4. The number of ketones is 2. The lowest BCUT2D eigenvalue weighted by atomic mass is 10.00. The Bertz CT molecular complexity index is 1470. The first-order valence-corrected chi connectivity index (χ1v) is 12.9. The number of nitrogens with two attached hydrogens (primary N) is 2. The van der Waals surface area contributed by atoms with Gasteiger partial charge in [-0.05, 0) is 24.0 Å². The molecule has 4 aromatic carbocycles. The molecule has 0 spiro atoms. The number of carbonyl (C=O) groups is 4. The van der Waals surface area contributed by atoms with Crippen molar-refractivity contribution in [2.24, 2.45) is 11.5 Å². The molecule has 74 heavy (non-hydrogen) atoms. The molecule has 0 saturated carbocycles. The summed E-state index contributed by atoms with van der Waals surface area (Å²) in [5.41, 5.74) is 15.3. The Kier molecular flexibility index (Phi) is 337. The van der Waals surface area contributed by atoms with E-state index >= 15 is 0 Å². The van der Waals surface area contributed by atoms with Gasteiger partial charge in [-0.2, -0.15) is 0 Å². The van der Waals surface area contributed by atoms with Gasteiger partial charge in [0.1, 0.15) is 12.1 Å². The third-order valence-electron chi connectivity index (χ3n) is 6.24. The van der Waals surface area contributed by atoms with Crippen molar-refractivity contribution in [1.82, 2.24) is 0 Å². The predicted molar refractivity (Wildman–Crippen MR) is 378 cm³/mol. The molecule has 2 atom stereocenters. The minimum Gasteiger partial charge on any atom is -0.480 e. The lowest BCUT2D eigenvalue weighted by Gasteiger charge is -2.09. The fourth-order valence-corrected chi connectivity index (χ4v) is 3.93. The van der Waals surface area contributed by atoms with Crippen LogP contribution in [0.1, 0.15) is 281 Å². The van der Waals surface area contributed by atoms with Crippen molar-refractivity contribution < 1.29 is 29.0 Å². The summed E-state index contributed by atoms with van der Waals surface area (Å²) in [6, 6.07) is 30.4. The van der Waals surface area contributed by atoms with Crippen LogP contribution >= 0.6 is 12.4 Å². The van der Waals surface area contributed by atoms with Gasteiger partial charge in [0, 0.05) is 22.3 Å². The zero-order valence-corrected chi connectivity index (χ0v) is 23.8. The molecule has 9 heteroatoms. The molecule has 0 radical (unpaired) electrons. The second-order valence-electron chi connectivity index (χ2n) is 9.27. The topological polar surface area (TPSA) is 150 Å². The summed E-state index contributed by atoms with van der Waals surface area (Å²) in [5.74, 6) is -1.56. The van der Waals surface area contributed by atoms with Gasteiger partial charge in [-0.3, -0.25) is 19.2 Å². The van der Waals surface area contributed by atoms with Crippen LogP contribution in [0.5, 0.6) is 0 Å². The van der Waals surface area contributed by atoms with Crippen LogP contribution in [0.4, 0.5) is 0 Å². The minimum absolute atomic E-state index is 0. The number of aliphatic carboxylic acids is 1. The third kappa shape index (κ3) is 69.4. The van der Waals surface area contributed by atoms with Crippen molar-refractivity contribution in [3.63, 3.8) is 0 Å². The third-order valence-corrected chi connectivity index (χ3v) is 6.24. The first-order valence-electron chi connectivity index (χ1n) is 12.9. The van der Waals surface area contributed by atoms with E-state index in [9.17, 15) is 19.2 Å². The van der Waals surface area contributed by atoms with Gasteiger partial charge in [0.2, 0.25) is 0 Å². The molecular weight excluding hydrogens is 940 g/mol. The fourth-order valence-electron chi connectivity index (χ4n) is 3.93. The molecule has 0 bridgehead atoms. The van der Waals surface area contributed by atoms with Crippen molar-refractivity contribution in [2.75, 3.05) is 7.11 Å². The van der Waals surface area contributed by atoms with Gasteiger partial charge in [0.15, 0.2) is 11.6 Å². The van der Waals surface area contributed by atoms with E-state index < -0.39 is 24.0 Å². The predicted octanol–water partition coefficient (Wildman–Crippen LogP) is 24.6. The van der Waals surface area contributed by atoms with Crippen molar-refractivity contribution in [3.05, 3.63) is 143 Å². The van der Waals surface area contributed by atoms with Crippen molar-refractivity contribution in [2.45, 2.75) is 263 Å². The van der Waals surface area contributed by atoms with Crippen LogP contribution in [0.15, 0.2) is 109 Å². The number of methoxy groups -OCH3 is 1. The Morgan fingerprint density at radius 2 is 0.541 bits per heavy atom. The molecule has 0 fully saturated rings. The highest BCUT2D eigenvalue weighted by molar-refractivity contribution is 6.09. The maximum absolute atomic E-state index is 12.2. The Labute approximate surface area is 486 Å². The van der Waals surface area contributed by atoms with E-state index in [1.165, 1.54) is 7.11 Å². The first-order chi connectivity index (χ1) is 19.7. The van der Waals surface area contributed by atoms with Crippen LogP contribution in [-0.2, 0) is 27.2 Å². The lowest BCUT2D eigenvalue weighted by molar-refractivity contribution is -0.142. The Balaban J connectivity index is -0.0000000119. The molecule has 0 saturated heterocycles. The van der Waals surface area contributed by atoms with Gasteiger partial charge in [-0.25, -0.2) is 0 Å². The second kappa shape index (κ2) is 113. The number of carboxylic acids is 1. The summed E-state index contributed by atoms with van der Waals surface area (Å²) in [5, 5.41) is 8.76. The molecule has 0 aliphatic carbocycles. The van der Waals surface area contributed by atoms with E-state index in [0.29, 0.717) is 28.7 Å². The highest BCUT2D eigenvalue weighted by Crippen LogP contribution is 2.13. The number of hydrogen-bond acceptors (Lipinski definition) is 7. The quantitative estimate of drug-likeness (QED) is 0.105. The van der Waals surface area contributed by atoms with Gasteiger partial charge in [-0.1, -0.05) is 347 Å². The Morgan fingerprint density at radius 1 is 0.351 bits per heavy atom. The van der Waals surface area contributed by atoms with Crippen molar-refractivity contribution in [1.29, 1.82) is 0 Å². The fraction of sp³-hybridized carbons (Fsp3) is 0.569. The maximum atomic E-state index is 12.2. The van der Waals surface area contributed by atoms with Crippen LogP contribution in [0.25, 0.3) is 0 Å². The average molecular weight is 1100 g/mol. The smallest absolute Gasteiger partial charge is 0.322 e. The standard InChI is InChI=1S/C17H17NO3.C16H15NO3.32CH4.ClH/c1-21-17(20)15(18)11-12-7-9-14(10-8-12)16(19)13-5-3-2-4-6-13;17-14(16(19)20)10-11-6-8-13(9-7-11)15(18)12-4-2-1-3-5-12;;;;;;;;;;;;;;;;;;;;;;;;;;;;;;;;;/h2-10,15H,11,18H2,1H3;1-9,14H,10,17H2,(H,19,20);32*1H4;1H/t15-;14-;;;;;;;;;;;;;;;;;;;;;;;;;;;;;;;;;/m00................................./s1. The summed E-state index contributed by atoms with van der Waals surface area (Å²) >= 11 is 0. The van der Waals surface area contributed by atoms with E-state index in [1.807, 2.05) is 36.4 Å². The molecule has 0 unspecified atom stereocenters. The molecule has 5 N–H and O–H groups in total. The molecule has 4 rings (SSSR count). The highest BCUT2D eigenvalue weighted by atomic mass is 35.5. The number of rotatable bonds is 10. The minimum atomic E-state index is -1.03. The van der Waals surface area contributed by atoms with E-state index in [0.717, 1.165) is 11.1 Å². The van der Waals surface area contributed by atoms with Gasteiger partial charge in [0.05, 0.1) is 7.11 Å². The van der Waals surface area contributed by atoms with Gasteiger partial charge >= 0.3 is 11.9 Å². The van der Waals surface area contributed by atoms with Crippen molar-refractivity contribution in [3.8, 4) is 0 Å². The van der Waals surface area contributed by atoms with Crippen LogP contribution in [0.3, 0.4) is 0 Å². The molecule has 0 aromatic heterocycles. The SMILES string of the molecule is C.C.C.C.C.C.C.C.C.C.C.C.C.C.C.C.C.C.C.C.C.C.C.C.C.C.C.C.C.C.C.C.COC(=O)[C@@H](N)Cc1ccc(C(=O)c2ccccc2)cc1.Cl.N[C@@H](Cc1ccc(C(=O)c2ccccc2)cc1)C(=O)O. The zero-order valence-electron chi connectivity index (χ0n) is 23.0. The Morgan fingerprint density at radius 3 is 0.730 bits per heavy atom. The van der Waals surface area contributed by atoms with Gasteiger partial charge in [0.25, 0.3) is 0 Å². The van der Waals surface area contributed by atoms with Crippen molar-refractivity contribution >= 4 is 35.9 Å². The number of carboxylic acid groups (broad SMARTS) is 1. The normalized spacial score (nSPS) is 6.53. The van der Waals surface area contributed by atoms with Gasteiger partial charge in [-0.15, -0.1) is 12.4 Å². The number of carbonyl (C=O) groups excluding carboxylic acids is 3. The number of halogens is 1. The molecule has 8 nitrogen and oxygen atoms in total. The molecule has 474 valence electrons. The van der Waals surface area contributed by atoms with E-state index in [1.54, 1.807) is 72.8 Å². The van der Waals surface area contributed by atoms with E-state index in [2.05, 4.69) is 4.74 Å². The monoisotopic (exact) mass is 1100 g/mol.